The molecule has 0 saturated heterocycles. The molecule has 0 bridgehead atoms. The average Bonchev–Trinajstić information content (AvgIpc) is 2.01. The summed E-state index contributed by atoms with van der Waals surface area (Å²) >= 11 is 0. The van der Waals surface area contributed by atoms with Crippen LogP contribution >= 0.6 is 0 Å². The van der Waals surface area contributed by atoms with Crippen LogP contribution in [0.5, 0.6) is 0 Å². The van der Waals surface area contributed by atoms with E-state index >= 15 is 0 Å². The number of aliphatic hydroxyl groups is 1. The summed E-state index contributed by atoms with van der Waals surface area (Å²) < 4.78 is 38.3. The van der Waals surface area contributed by atoms with Gasteiger partial charge in [0.05, 0.1) is 38.8 Å². The second kappa shape index (κ2) is 10.3. The van der Waals surface area contributed by atoms with Crippen LogP contribution in [0.1, 0.15) is 1.43 Å². The summed E-state index contributed by atoms with van der Waals surface area (Å²) in [6.07, 6.45) is 0. The molecule has 0 aliphatic rings. The fraction of sp³-hybridized carbons (Fsp3) is 1.00. The zero-order chi connectivity index (χ0) is 10.2. The summed E-state index contributed by atoms with van der Waals surface area (Å²) in [7, 11) is -3.93. The van der Waals surface area contributed by atoms with Crippen LogP contribution in [-0.2, 0) is 19.6 Å². The largest absolute Gasteiger partial charge is 1.00 e. The molecule has 0 amide bonds. The van der Waals surface area contributed by atoms with E-state index in [2.05, 4.69) is 0 Å². The first-order valence-corrected chi connectivity index (χ1v) is 5.38. The van der Waals surface area contributed by atoms with Crippen molar-refractivity contribution in [3.63, 3.8) is 0 Å². The summed E-state index contributed by atoms with van der Waals surface area (Å²) in [5.74, 6) is -0.410. The van der Waals surface area contributed by atoms with Gasteiger partial charge in [-0.15, -0.1) is 0 Å². The van der Waals surface area contributed by atoms with E-state index in [1.165, 1.54) is 0 Å². The molecule has 0 aromatic rings. The summed E-state index contributed by atoms with van der Waals surface area (Å²) in [6, 6.07) is 0. The monoisotopic (exact) mass is 238 g/mol. The Kier molecular flexibility index (Phi) is 12.7. The second-order valence-electron chi connectivity index (χ2n) is 2.23. The molecule has 0 aliphatic carbocycles. The molecule has 6 nitrogen and oxygen atoms in total. The van der Waals surface area contributed by atoms with E-state index < -0.39 is 15.9 Å². The van der Waals surface area contributed by atoms with Crippen molar-refractivity contribution in [1.29, 1.82) is 0 Å². The molecule has 2 N–H and O–H groups in total. The molecule has 0 aromatic carbocycles. The molecule has 0 saturated carbocycles. The van der Waals surface area contributed by atoms with Gasteiger partial charge >= 0.3 is 29.6 Å². The van der Waals surface area contributed by atoms with Crippen molar-refractivity contribution in [2.75, 3.05) is 38.8 Å². The third-order valence-electron chi connectivity index (χ3n) is 1.09. The zero-order valence-electron chi connectivity index (χ0n) is 9.18. The zero-order valence-corrected chi connectivity index (χ0v) is 11.0. The van der Waals surface area contributed by atoms with E-state index in [1.54, 1.807) is 0 Å². The Balaban J connectivity index is -0.000000720. The van der Waals surface area contributed by atoms with E-state index in [9.17, 15) is 8.42 Å². The third-order valence-corrected chi connectivity index (χ3v) is 1.78. The van der Waals surface area contributed by atoms with Crippen LogP contribution in [-0.4, -0.2) is 56.9 Å². The van der Waals surface area contributed by atoms with Gasteiger partial charge in [0.1, 0.15) is 0 Å². The van der Waals surface area contributed by atoms with Crippen molar-refractivity contribution in [3.8, 4) is 0 Å². The maximum absolute atomic E-state index is 10.2. The van der Waals surface area contributed by atoms with Crippen LogP contribution in [0.15, 0.2) is 0 Å². The minimum Gasteiger partial charge on any atom is -1.00 e. The number of hydrogen-bond donors (Lipinski definition) is 2. The topological polar surface area (TPSA) is 93.1 Å². The van der Waals surface area contributed by atoms with Crippen molar-refractivity contribution in [3.05, 3.63) is 0 Å². The van der Waals surface area contributed by atoms with Gasteiger partial charge < -0.3 is 16.0 Å². The van der Waals surface area contributed by atoms with Gasteiger partial charge in [0.25, 0.3) is 10.1 Å². The smallest absolute Gasteiger partial charge is 1.00 e. The van der Waals surface area contributed by atoms with Crippen LogP contribution in [0.25, 0.3) is 0 Å². The van der Waals surface area contributed by atoms with Crippen LogP contribution in [0.4, 0.5) is 0 Å². The van der Waals surface area contributed by atoms with Crippen molar-refractivity contribution in [1.82, 2.24) is 0 Å². The molecule has 14 heavy (non-hydrogen) atoms. The van der Waals surface area contributed by atoms with Gasteiger partial charge in [-0.25, -0.2) is 0 Å². The van der Waals surface area contributed by atoms with Crippen molar-refractivity contribution in [2.24, 2.45) is 0 Å². The van der Waals surface area contributed by atoms with Gasteiger partial charge in [0, 0.05) is 0 Å². The summed E-state index contributed by atoms with van der Waals surface area (Å²) in [5.41, 5.74) is 0. The Labute approximate surface area is 107 Å². The van der Waals surface area contributed by atoms with E-state index in [0.29, 0.717) is 6.61 Å². The Morgan fingerprint density at radius 1 is 1.07 bits per heavy atom. The van der Waals surface area contributed by atoms with Crippen molar-refractivity contribution in [2.45, 2.75) is 0 Å². The molecule has 0 spiro atoms. The fourth-order valence-corrected chi connectivity index (χ4v) is 0.879. The third kappa shape index (κ3) is 15.3. The first-order chi connectivity index (χ1) is 6.06. The van der Waals surface area contributed by atoms with Crippen molar-refractivity contribution >= 4 is 10.1 Å². The first-order valence-electron chi connectivity index (χ1n) is 3.78. The molecule has 8 heteroatoms. The average molecular weight is 238 g/mol. The number of ether oxygens (including phenoxy) is 2. The maximum Gasteiger partial charge on any atom is 1.00 e. The summed E-state index contributed by atoms with van der Waals surface area (Å²) in [6.45, 7) is 0.676. The Morgan fingerprint density at radius 2 is 1.57 bits per heavy atom. The number of aliphatic hydroxyl groups excluding tert-OH is 1. The van der Waals surface area contributed by atoms with E-state index in [-0.39, 0.29) is 57.4 Å². The predicted molar refractivity (Wildman–Crippen MR) is 46.3 cm³/mol. The maximum atomic E-state index is 10.2. The molecular formula is C6H15NaO6S. The van der Waals surface area contributed by atoms with Crippen LogP contribution < -0.4 is 29.6 Å². The molecule has 0 atom stereocenters. The van der Waals surface area contributed by atoms with Gasteiger partial charge in [0.2, 0.25) is 0 Å². The van der Waals surface area contributed by atoms with Gasteiger partial charge in [-0.05, 0) is 0 Å². The molecule has 0 rings (SSSR count). The molecule has 82 valence electrons. The quantitative estimate of drug-likeness (QED) is 0.254. The van der Waals surface area contributed by atoms with Gasteiger partial charge in [0.15, 0.2) is 0 Å². The molecule has 0 heterocycles. The molecule has 0 aromatic heterocycles. The second-order valence-corrected chi connectivity index (χ2v) is 3.81. The molecule has 0 aliphatic heterocycles. The molecule has 0 unspecified atom stereocenters. The minimum atomic E-state index is -3.93. The molecule has 0 fully saturated rings. The standard InChI is InChI=1S/C6H14O6S.Na.H/c7-1-2-11-3-4-12-5-6-13(8,9)10;;/h7H,1-6H2,(H,8,9,10);;/q;+1;-1. The van der Waals surface area contributed by atoms with Gasteiger partial charge in [-0.1, -0.05) is 0 Å². The number of rotatable bonds is 8. The van der Waals surface area contributed by atoms with Crippen molar-refractivity contribution < 1.29 is 58.5 Å². The van der Waals surface area contributed by atoms with E-state index in [0.717, 1.165) is 0 Å². The molecule has 0 radical (unpaired) electrons. The van der Waals surface area contributed by atoms with Crippen LogP contribution in [0.3, 0.4) is 0 Å². The van der Waals surface area contributed by atoms with Gasteiger partial charge in [-0.3, -0.25) is 4.55 Å². The SMILES string of the molecule is O=S(=O)(O)CCOCCOCCO.[H-].[Na+]. The van der Waals surface area contributed by atoms with Crippen LogP contribution in [0.2, 0.25) is 0 Å². The fourth-order valence-electron chi connectivity index (χ4n) is 0.551. The minimum absolute atomic E-state index is 0. The Morgan fingerprint density at radius 3 is 2.00 bits per heavy atom. The number of hydrogen-bond acceptors (Lipinski definition) is 5. The summed E-state index contributed by atoms with van der Waals surface area (Å²) in [4.78, 5) is 0. The predicted octanol–water partition coefficient (Wildman–Crippen LogP) is -3.98. The molecular weight excluding hydrogens is 223 g/mol. The van der Waals surface area contributed by atoms with E-state index in [4.69, 9.17) is 19.1 Å². The van der Waals surface area contributed by atoms with Gasteiger partial charge in [-0.2, -0.15) is 8.42 Å². The first kappa shape index (κ1) is 17.2. The normalized spacial score (nSPS) is 11.0. The van der Waals surface area contributed by atoms with Crippen LogP contribution in [0, 0.1) is 0 Å². The van der Waals surface area contributed by atoms with E-state index in [1.807, 2.05) is 0 Å². The Hall–Kier alpha value is 0.790. The summed E-state index contributed by atoms with van der Waals surface area (Å²) in [5, 5.41) is 8.30. The Bertz CT molecular complexity index is 210.